The standard InChI is InChI=1S/C18H18Cl2N2O3S/c1-11-15(5-6-18(23)16-4-3-13(19)9-17(16)20)12(2)22(21-11)14-7-8-26(24,25)10-14/h3-6,9,14H,7-8,10H2,1-2H3/b6-5+/t14-/m1/s1. The summed E-state index contributed by atoms with van der Waals surface area (Å²) < 4.78 is 25.2. The molecule has 0 unspecified atom stereocenters. The smallest absolute Gasteiger partial charge is 0.187 e. The highest BCUT2D eigenvalue weighted by atomic mass is 35.5. The molecule has 2 heterocycles. The summed E-state index contributed by atoms with van der Waals surface area (Å²) in [6.45, 7) is 3.72. The highest BCUT2D eigenvalue weighted by Gasteiger charge is 2.31. The molecule has 1 saturated heterocycles. The van der Waals surface area contributed by atoms with E-state index in [1.165, 1.54) is 12.1 Å². The van der Waals surface area contributed by atoms with E-state index in [9.17, 15) is 13.2 Å². The lowest BCUT2D eigenvalue weighted by molar-refractivity contribution is 0.104. The van der Waals surface area contributed by atoms with E-state index in [0.29, 0.717) is 22.0 Å². The van der Waals surface area contributed by atoms with Crippen molar-refractivity contribution in [2.75, 3.05) is 11.5 Å². The summed E-state index contributed by atoms with van der Waals surface area (Å²) in [6.07, 6.45) is 3.71. The van der Waals surface area contributed by atoms with Crippen molar-refractivity contribution in [3.63, 3.8) is 0 Å². The van der Waals surface area contributed by atoms with E-state index in [-0.39, 0.29) is 23.3 Å². The first-order chi connectivity index (χ1) is 12.2. The molecule has 1 aromatic carbocycles. The first-order valence-corrected chi connectivity index (χ1v) is 10.7. The highest BCUT2D eigenvalue weighted by Crippen LogP contribution is 2.27. The van der Waals surface area contributed by atoms with Crippen LogP contribution in [0.25, 0.3) is 6.08 Å². The van der Waals surface area contributed by atoms with Crippen LogP contribution in [0.2, 0.25) is 10.0 Å². The van der Waals surface area contributed by atoms with Gasteiger partial charge >= 0.3 is 0 Å². The molecule has 5 nitrogen and oxygen atoms in total. The molecule has 1 fully saturated rings. The number of nitrogens with zero attached hydrogens (tertiary/aromatic N) is 2. The highest BCUT2D eigenvalue weighted by molar-refractivity contribution is 7.91. The van der Waals surface area contributed by atoms with Crippen molar-refractivity contribution in [3.05, 3.63) is 56.8 Å². The Morgan fingerprint density at radius 2 is 2.04 bits per heavy atom. The first kappa shape index (κ1) is 19.1. The summed E-state index contributed by atoms with van der Waals surface area (Å²) in [5, 5.41) is 5.25. The summed E-state index contributed by atoms with van der Waals surface area (Å²) in [6, 6.07) is 4.58. The number of carbonyl (C=O) groups is 1. The van der Waals surface area contributed by atoms with Crippen LogP contribution in [0.15, 0.2) is 24.3 Å². The van der Waals surface area contributed by atoms with Crippen LogP contribution in [0, 0.1) is 13.8 Å². The molecule has 1 aliphatic heterocycles. The molecule has 0 N–H and O–H groups in total. The molecule has 0 radical (unpaired) electrons. The summed E-state index contributed by atoms with van der Waals surface area (Å²) in [5.74, 6) is 0.0632. The molecule has 0 amide bonds. The number of hydrogen-bond acceptors (Lipinski definition) is 4. The molecular formula is C18H18Cl2N2O3S. The van der Waals surface area contributed by atoms with Gasteiger partial charge < -0.3 is 0 Å². The molecular weight excluding hydrogens is 395 g/mol. The van der Waals surface area contributed by atoms with Gasteiger partial charge in [0.15, 0.2) is 15.6 Å². The van der Waals surface area contributed by atoms with E-state index in [1.54, 1.807) is 22.9 Å². The number of benzene rings is 1. The van der Waals surface area contributed by atoms with Gasteiger partial charge in [0, 0.05) is 21.8 Å². The molecule has 3 rings (SSSR count). The number of carbonyl (C=O) groups excluding carboxylic acids is 1. The third kappa shape index (κ3) is 3.87. The molecule has 0 spiro atoms. The van der Waals surface area contributed by atoms with Crippen LogP contribution in [0.1, 0.15) is 39.8 Å². The Morgan fingerprint density at radius 1 is 1.31 bits per heavy atom. The van der Waals surface area contributed by atoms with E-state index < -0.39 is 9.84 Å². The normalized spacial score (nSPS) is 19.3. The summed E-state index contributed by atoms with van der Waals surface area (Å²) in [4.78, 5) is 12.4. The van der Waals surface area contributed by atoms with Crippen LogP contribution in [0.3, 0.4) is 0 Å². The minimum absolute atomic E-state index is 0.109. The van der Waals surface area contributed by atoms with Crippen molar-refractivity contribution in [1.82, 2.24) is 9.78 Å². The van der Waals surface area contributed by atoms with Gasteiger partial charge in [-0.15, -0.1) is 0 Å². The molecule has 2 aromatic rings. The number of hydrogen-bond donors (Lipinski definition) is 0. The molecule has 1 atom stereocenters. The van der Waals surface area contributed by atoms with E-state index in [0.717, 1.165) is 17.0 Å². The third-order valence-corrected chi connectivity index (χ3v) is 6.83. The number of aryl methyl sites for hydroxylation is 1. The lowest BCUT2D eigenvalue weighted by atomic mass is 10.1. The number of aromatic nitrogens is 2. The van der Waals surface area contributed by atoms with Crippen molar-refractivity contribution in [1.29, 1.82) is 0 Å². The fourth-order valence-corrected chi connectivity index (χ4v) is 5.37. The van der Waals surface area contributed by atoms with Crippen LogP contribution < -0.4 is 0 Å². The lowest BCUT2D eigenvalue weighted by Gasteiger charge is -2.10. The second-order valence-corrected chi connectivity index (χ2v) is 9.48. The Labute approximate surface area is 162 Å². The molecule has 1 aromatic heterocycles. The Hall–Kier alpha value is -1.63. The molecule has 0 saturated carbocycles. The Kier molecular flexibility index (Phi) is 5.28. The third-order valence-electron chi connectivity index (χ3n) is 4.53. The predicted octanol–water partition coefficient (Wildman–Crippen LogP) is 4.06. The molecule has 138 valence electrons. The maximum atomic E-state index is 12.4. The maximum absolute atomic E-state index is 12.4. The second-order valence-electron chi connectivity index (χ2n) is 6.41. The molecule has 1 aliphatic rings. The summed E-state index contributed by atoms with van der Waals surface area (Å²) in [5.41, 5.74) is 2.78. The van der Waals surface area contributed by atoms with Gasteiger partial charge in [-0.2, -0.15) is 5.10 Å². The van der Waals surface area contributed by atoms with E-state index in [1.807, 2.05) is 13.8 Å². The minimum Gasteiger partial charge on any atom is -0.289 e. The SMILES string of the molecule is Cc1nn([C@@H]2CCS(=O)(=O)C2)c(C)c1/C=C/C(=O)c1ccc(Cl)cc1Cl. The predicted molar refractivity (Wildman–Crippen MR) is 104 cm³/mol. The number of halogens is 2. The number of allylic oxidation sites excluding steroid dienone is 1. The average Bonchev–Trinajstić information content (AvgIpc) is 3.04. The monoisotopic (exact) mass is 412 g/mol. The summed E-state index contributed by atoms with van der Waals surface area (Å²) in [7, 11) is -2.99. The van der Waals surface area contributed by atoms with Crippen molar-refractivity contribution in [2.45, 2.75) is 26.3 Å². The average molecular weight is 413 g/mol. The van der Waals surface area contributed by atoms with Crippen molar-refractivity contribution < 1.29 is 13.2 Å². The van der Waals surface area contributed by atoms with Gasteiger partial charge in [-0.05, 0) is 50.6 Å². The van der Waals surface area contributed by atoms with Gasteiger partial charge in [-0.25, -0.2) is 8.42 Å². The topological polar surface area (TPSA) is 69.0 Å². The fraction of sp³-hybridized carbons (Fsp3) is 0.333. The zero-order chi connectivity index (χ0) is 19.1. The Morgan fingerprint density at radius 3 is 2.65 bits per heavy atom. The zero-order valence-electron chi connectivity index (χ0n) is 14.4. The molecule has 0 bridgehead atoms. The Balaban J connectivity index is 1.86. The van der Waals surface area contributed by atoms with Crippen molar-refractivity contribution in [3.8, 4) is 0 Å². The van der Waals surface area contributed by atoms with E-state index in [4.69, 9.17) is 23.2 Å². The first-order valence-electron chi connectivity index (χ1n) is 8.11. The second kappa shape index (κ2) is 7.18. The fourth-order valence-electron chi connectivity index (χ4n) is 3.18. The zero-order valence-corrected chi connectivity index (χ0v) is 16.7. The van der Waals surface area contributed by atoms with E-state index in [2.05, 4.69) is 5.10 Å². The van der Waals surface area contributed by atoms with Crippen LogP contribution in [0.5, 0.6) is 0 Å². The quantitative estimate of drug-likeness (QED) is 0.560. The van der Waals surface area contributed by atoms with Gasteiger partial charge in [0.1, 0.15) is 0 Å². The van der Waals surface area contributed by atoms with Gasteiger partial charge in [0.25, 0.3) is 0 Å². The number of ketones is 1. The van der Waals surface area contributed by atoms with Crippen molar-refractivity contribution in [2.24, 2.45) is 0 Å². The van der Waals surface area contributed by atoms with Crippen molar-refractivity contribution >= 4 is 44.9 Å². The van der Waals surface area contributed by atoms with Gasteiger partial charge in [0.2, 0.25) is 0 Å². The largest absolute Gasteiger partial charge is 0.289 e. The molecule has 26 heavy (non-hydrogen) atoms. The van der Waals surface area contributed by atoms with Crippen LogP contribution in [0.4, 0.5) is 0 Å². The minimum atomic E-state index is -2.99. The number of sulfone groups is 1. The van der Waals surface area contributed by atoms with Gasteiger partial charge in [0.05, 0.1) is 28.3 Å². The van der Waals surface area contributed by atoms with Gasteiger partial charge in [-0.3, -0.25) is 9.48 Å². The lowest BCUT2D eigenvalue weighted by Crippen LogP contribution is -2.13. The summed E-state index contributed by atoms with van der Waals surface area (Å²) >= 11 is 11.9. The van der Waals surface area contributed by atoms with Gasteiger partial charge in [-0.1, -0.05) is 23.2 Å². The number of rotatable bonds is 4. The van der Waals surface area contributed by atoms with Crippen LogP contribution >= 0.6 is 23.2 Å². The van der Waals surface area contributed by atoms with E-state index >= 15 is 0 Å². The van der Waals surface area contributed by atoms with Crippen LogP contribution in [-0.4, -0.2) is 35.5 Å². The Bertz CT molecular complexity index is 1010. The molecule has 8 heteroatoms. The van der Waals surface area contributed by atoms with Crippen LogP contribution in [-0.2, 0) is 9.84 Å². The molecule has 0 aliphatic carbocycles. The maximum Gasteiger partial charge on any atom is 0.187 e.